The summed E-state index contributed by atoms with van der Waals surface area (Å²) in [4.78, 5) is 20.7. The lowest BCUT2D eigenvalue weighted by atomic mass is 10.1. The first-order valence-corrected chi connectivity index (χ1v) is 7.77. The average Bonchev–Trinajstić information content (AvgIpc) is 3.21. The van der Waals surface area contributed by atoms with Crippen molar-refractivity contribution in [3.05, 3.63) is 54.4 Å². The first-order valence-electron chi connectivity index (χ1n) is 7.77. The molecule has 2 aromatic carbocycles. The summed E-state index contributed by atoms with van der Waals surface area (Å²) < 4.78 is 0. The van der Waals surface area contributed by atoms with Crippen LogP contribution in [0, 0.1) is 0 Å². The lowest BCUT2D eigenvalue weighted by Gasteiger charge is -2.19. The summed E-state index contributed by atoms with van der Waals surface area (Å²) in [7, 11) is 0. The molecule has 2 heterocycles. The Bertz CT molecular complexity index is 857. The van der Waals surface area contributed by atoms with E-state index < -0.39 is 6.09 Å². The van der Waals surface area contributed by atoms with E-state index in [1.807, 2.05) is 30.3 Å². The fraction of sp³-hybridized carbons (Fsp3) is 0.222. The van der Waals surface area contributed by atoms with Crippen LogP contribution >= 0.6 is 0 Å². The van der Waals surface area contributed by atoms with E-state index in [4.69, 9.17) is 0 Å². The second-order valence-electron chi connectivity index (χ2n) is 5.85. The Kier molecular flexibility index (Phi) is 3.26. The summed E-state index contributed by atoms with van der Waals surface area (Å²) in [5.41, 5.74) is 4.09. The minimum atomic E-state index is -0.877. The molecule has 0 bridgehead atoms. The van der Waals surface area contributed by atoms with Crippen LogP contribution in [0.4, 0.5) is 4.79 Å². The van der Waals surface area contributed by atoms with E-state index in [9.17, 15) is 9.90 Å². The largest absolute Gasteiger partial charge is 0.465 e. The molecule has 1 aliphatic rings. The summed E-state index contributed by atoms with van der Waals surface area (Å²) in [6.45, 7) is 0.576. The molecule has 1 aromatic heterocycles. The van der Waals surface area contributed by atoms with Gasteiger partial charge in [-0.05, 0) is 36.1 Å². The third kappa shape index (κ3) is 2.44. The van der Waals surface area contributed by atoms with Crippen molar-refractivity contribution in [2.24, 2.45) is 0 Å². The number of likely N-dealkylation sites (tertiary alicyclic amines) is 1. The number of H-pyrrole nitrogens is 1. The van der Waals surface area contributed by atoms with Crippen molar-refractivity contribution in [1.82, 2.24) is 14.9 Å². The standard InChI is InChI=1S/C18H17N3O2/c22-18(23)21-10-4-7-16(21)17-19-14-9-8-13(11-15(14)20-17)12-5-2-1-3-6-12/h1-3,5-6,8-9,11,16H,4,7,10H2,(H,19,20)(H,22,23)/t16-/m0/s1. The molecule has 0 spiro atoms. The summed E-state index contributed by atoms with van der Waals surface area (Å²) in [5, 5.41) is 9.30. The van der Waals surface area contributed by atoms with Crippen molar-refractivity contribution in [2.75, 3.05) is 6.54 Å². The number of nitrogens with one attached hydrogen (secondary N) is 1. The molecule has 1 fully saturated rings. The topological polar surface area (TPSA) is 69.2 Å². The molecule has 1 saturated heterocycles. The molecule has 2 N–H and O–H groups in total. The van der Waals surface area contributed by atoms with Gasteiger partial charge in [0.05, 0.1) is 17.1 Å². The van der Waals surface area contributed by atoms with E-state index in [-0.39, 0.29) is 6.04 Å². The van der Waals surface area contributed by atoms with Crippen LogP contribution in [0.2, 0.25) is 0 Å². The fourth-order valence-electron chi connectivity index (χ4n) is 3.28. The van der Waals surface area contributed by atoms with Crippen LogP contribution in [0.1, 0.15) is 24.7 Å². The zero-order chi connectivity index (χ0) is 15.8. The van der Waals surface area contributed by atoms with Gasteiger partial charge in [-0.3, -0.25) is 4.90 Å². The van der Waals surface area contributed by atoms with Gasteiger partial charge in [0.25, 0.3) is 0 Å². The van der Waals surface area contributed by atoms with Gasteiger partial charge < -0.3 is 10.1 Å². The maximum Gasteiger partial charge on any atom is 0.407 e. The predicted octanol–water partition coefficient (Wildman–Crippen LogP) is 4.04. The molecule has 1 amide bonds. The van der Waals surface area contributed by atoms with E-state index in [2.05, 4.69) is 28.2 Å². The lowest BCUT2D eigenvalue weighted by Crippen LogP contribution is -2.29. The van der Waals surface area contributed by atoms with Crippen LogP contribution in [0.25, 0.3) is 22.2 Å². The Morgan fingerprint density at radius 2 is 2.00 bits per heavy atom. The van der Waals surface area contributed by atoms with Crippen LogP contribution in [0.5, 0.6) is 0 Å². The maximum absolute atomic E-state index is 11.3. The highest BCUT2D eigenvalue weighted by Gasteiger charge is 2.31. The van der Waals surface area contributed by atoms with Gasteiger partial charge in [-0.2, -0.15) is 0 Å². The SMILES string of the molecule is O=C(O)N1CCC[C@H]1c1nc2ccc(-c3ccccc3)cc2[nH]1. The van der Waals surface area contributed by atoms with Crippen molar-refractivity contribution >= 4 is 17.1 Å². The van der Waals surface area contributed by atoms with Crippen LogP contribution in [-0.4, -0.2) is 32.6 Å². The van der Waals surface area contributed by atoms with Crippen LogP contribution in [0.3, 0.4) is 0 Å². The normalized spacial score (nSPS) is 17.7. The lowest BCUT2D eigenvalue weighted by molar-refractivity contribution is 0.139. The van der Waals surface area contributed by atoms with E-state index >= 15 is 0 Å². The van der Waals surface area contributed by atoms with Crippen LogP contribution in [0.15, 0.2) is 48.5 Å². The van der Waals surface area contributed by atoms with Gasteiger partial charge in [0.2, 0.25) is 0 Å². The van der Waals surface area contributed by atoms with Crippen LogP contribution < -0.4 is 0 Å². The van der Waals surface area contributed by atoms with E-state index in [0.717, 1.165) is 40.8 Å². The summed E-state index contributed by atoms with van der Waals surface area (Å²) in [6.07, 6.45) is 0.818. The van der Waals surface area contributed by atoms with Gasteiger partial charge in [-0.15, -0.1) is 0 Å². The maximum atomic E-state index is 11.3. The Morgan fingerprint density at radius 1 is 1.17 bits per heavy atom. The number of hydrogen-bond acceptors (Lipinski definition) is 2. The molecule has 1 aliphatic heterocycles. The number of hydrogen-bond donors (Lipinski definition) is 2. The molecular formula is C18H17N3O2. The van der Waals surface area contributed by atoms with Crippen molar-refractivity contribution in [3.63, 3.8) is 0 Å². The molecule has 4 rings (SSSR count). The van der Waals surface area contributed by atoms with E-state index in [0.29, 0.717) is 6.54 Å². The van der Waals surface area contributed by atoms with Gasteiger partial charge in [0.1, 0.15) is 5.82 Å². The highest BCUT2D eigenvalue weighted by molar-refractivity contribution is 5.82. The number of nitrogens with zero attached hydrogens (tertiary/aromatic N) is 2. The minimum absolute atomic E-state index is 0.167. The number of carboxylic acid groups (broad SMARTS) is 1. The number of rotatable bonds is 2. The quantitative estimate of drug-likeness (QED) is 0.750. The van der Waals surface area contributed by atoms with Crippen molar-refractivity contribution < 1.29 is 9.90 Å². The Morgan fingerprint density at radius 3 is 2.78 bits per heavy atom. The number of aromatic nitrogens is 2. The van der Waals surface area contributed by atoms with Gasteiger partial charge in [0, 0.05) is 6.54 Å². The minimum Gasteiger partial charge on any atom is -0.465 e. The number of benzene rings is 2. The highest BCUT2D eigenvalue weighted by Crippen LogP contribution is 2.32. The number of imidazole rings is 1. The monoisotopic (exact) mass is 307 g/mol. The molecule has 1 atom stereocenters. The van der Waals surface area contributed by atoms with E-state index in [1.54, 1.807) is 0 Å². The molecule has 5 nitrogen and oxygen atoms in total. The second-order valence-corrected chi connectivity index (χ2v) is 5.85. The zero-order valence-corrected chi connectivity index (χ0v) is 12.6. The number of fused-ring (bicyclic) bond motifs is 1. The number of amides is 1. The molecule has 0 saturated carbocycles. The highest BCUT2D eigenvalue weighted by atomic mass is 16.4. The van der Waals surface area contributed by atoms with Gasteiger partial charge in [-0.1, -0.05) is 36.4 Å². The average molecular weight is 307 g/mol. The van der Waals surface area contributed by atoms with Crippen molar-refractivity contribution in [3.8, 4) is 11.1 Å². The van der Waals surface area contributed by atoms with Gasteiger partial charge in [-0.25, -0.2) is 9.78 Å². The van der Waals surface area contributed by atoms with Crippen molar-refractivity contribution in [2.45, 2.75) is 18.9 Å². The third-order valence-corrected chi connectivity index (χ3v) is 4.42. The predicted molar refractivity (Wildman–Crippen MR) is 88.2 cm³/mol. The summed E-state index contributed by atoms with van der Waals surface area (Å²) >= 11 is 0. The third-order valence-electron chi connectivity index (χ3n) is 4.42. The van der Waals surface area contributed by atoms with Crippen LogP contribution in [-0.2, 0) is 0 Å². The Labute approximate surface area is 133 Å². The molecule has 0 unspecified atom stereocenters. The Hall–Kier alpha value is -2.82. The number of carbonyl (C=O) groups is 1. The van der Waals surface area contributed by atoms with E-state index in [1.165, 1.54) is 4.90 Å². The Balaban J connectivity index is 1.72. The van der Waals surface area contributed by atoms with Gasteiger partial charge in [0.15, 0.2) is 0 Å². The molecule has 23 heavy (non-hydrogen) atoms. The molecule has 116 valence electrons. The zero-order valence-electron chi connectivity index (χ0n) is 12.6. The fourth-order valence-corrected chi connectivity index (χ4v) is 3.28. The molecule has 0 radical (unpaired) electrons. The second kappa shape index (κ2) is 5.43. The first-order chi connectivity index (χ1) is 11.2. The van der Waals surface area contributed by atoms with Crippen molar-refractivity contribution in [1.29, 1.82) is 0 Å². The smallest absolute Gasteiger partial charge is 0.407 e. The number of aromatic amines is 1. The van der Waals surface area contributed by atoms with Gasteiger partial charge >= 0.3 is 6.09 Å². The molecule has 3 aromatic rings. The molecule has 0 aliphatic carbocycles. The molecular weight excluding hydrogens is 290 g/mol. The molecule has 5 heteroatoms. The first kappa shape index (κ1) is 13.8. The summed E-state index contributed by atoms with van der Waals surface area (Å²) in [5.74, 6) is 0.741. The summed E-state index contributed by atoms with van der Waals surface area (Å²) in [6, 6.07) is 16.1.